The minimum atomic E-state index is -0.302. The summed E-state index contributed by atoms with van der Waals surface area (Å²) in [6, 6.07) is 0. The summed E-state index contributed by atoms with van der Waals surface area (Å²) in [6.07, 6.45) is 1.61. The van der Waals surface area contributed by atoms with Crippen LogP contribution in [0.2, 0.25) is 0 Å². The van der Waals surface area contributed by atoms with Gasteiger partial charge in [0, 0.05) is 5.54 Å². The van der Waals surface area contributed by atoms with E-state index in [0.717, 1.165) is 0 Å². The molecule has 1 aromatic heterocycles. The van der Waals surface area contributed by atoms with Crippen LogP contribution in [-0.2, 0) is 4.79 Å². The van der Waals surface area contributed by atoms with Crippen LogP contribution in [0.1, 0.15) is 20.8 Å². The number of carbonyl (C=O) groups is 1. The van der Waals surface area contributed by atoms with Crippen LogP contribution in [0.25, 0.3) is 0 Å². The fraction of sp³-hybridized carbons (Fsp3) is 0.500. The number of halogens is 1. The molecule has 0 saturated carbocycles. The van der Waals surface area contributed by atoms with E-state index in [0.29, 0.717) is 16.2 Å². The molecule has 16 heavy (non-hydrogen) atoms. The smallest absolute Gasteiger partial charge is 0.248 e. The SMILES string of the molecule is CC(C)(C)N1C(=O)CNc2ncc(Br)nc21. The molecule has 1 aliphatic heterocycles. The molecule has 5 nitrogen and oxygen atoms in total. The Balaban J connectivity index is 2.55. The van der Waals surface area contributed by atoms with E-state index >= 15 is 0 Å². The minimum Gasteiger partial charge on any atom is -0.358 e. The number of aromatic nitrogens is 2. The van der Waals surface area contributed by atoms with Gasteiger partial charge in [-0.15, -0.1) is 0 Å². The van der Waals surface area contributed by atoms with Crippen molar-refractivity contribution >= 4 is 33.5 Å². The number of nitrogens with one attached hydrogen (secondary N) is 1. The van der Waals surface area contributed by atoms with Gasteiger partial charge in [0.1, 0.15) is 4.60 Å². The molecule has 0 fully saturated rings. The largest absolute Gasteiger partial charge is 0.358 e. The van der Waals surface area contributed by atoms with E-state index in [-0.39, 0.29) is 18.0 Å². The number of hydrogen-bond donors (Lipinski definition) is 1. The van der Waals surface area contributed by atoms with Crippen LogP contribution >= 0.6 is 15.9 Å². The van der Waals surface area contributed by atoms with Gasteiger partial charge in [0.05, 0.1) is 12.7 Å². The van der Waals surface area contributed by atoms with Crippen LogP contribution in [0.3, 0.4) is 0 Å². The Bertz CT molecular complexity index is 441. The number of hydrogen-bond acceptors (Lipinski definition) is 4. The molecule has 1 aromatic rings. The molecule has 1 N–H and O–H groups in total. The molecule has 2 rings (SSSR count). The molecule has 0 aromatic carbocycles. The third-order valence-corrected chi connectivity index (χ3v) is 2.65. The third-order valence-electron chi connectivity index (χ3n) is 2.26. The van der Waals surface area contributed by atoms with Crippen LogP contribution in [0.15, 0.2) is 10.8 Å². The summed E-state index contributed by atoms with van der Waals surface area (Å²) in [4.78, 5) is 22.1. The van der Waals surface area contributed by atoms with Crippen molar-refractivity contribution in [2.75, 3.05) is 16.8 Å². The maximum absolute atomic E-state index is 11.9. The fourth-order valence-corrected chi connectivity index (χ4v) is 1.96. The monoisotopic (exact) mass is 284 g/mol. The Hall–Kier alpha value is -1.17. The molecule has 0 unspecified atom stereocenters. The van der Waals surface area contributed by atoms with Gasteiger partial charge < -0.3 is 5.32 Å². The number of nitrogens with zero attached hydrogens (tertiary/aromatic N) is 3. The Morgan fingerprint density at radius 3 is 2.81 bits per heavy atom. The van der Waals surface area contributed by atoms with E-state index in [4.69, 9.17) is 0 Å². The summed E-state index contributed by atoms with van der Waals surface area (Å²) in [5.41, 5.74) is -0.302. The number of rotatable bonds is 0. The maximum Gasteiger partial charge on any atom is 0.248 e. The second-order valence-corrected chi connectivity index (χ2v) is 5.43. The van der Waals surface area contributed by atoms with Crippen molar-refractivity contribution in [2.45, 2.75) is 26.3 Å². The van der Waals surface area contributed by atoms with Crippen molar-refractivity contribution in [3.05, 3.63) is 10.8 Å². The molecule has 6 heteroatoms. The van der Waals surface area contributed by atoms with Crippen molar-refractivity contribution in [3.8, 4) is 0 Å². The van der Waals surface area contributed by atoms with Crippen molar-refractivity contribution in [1.82, 2.24) is 9.97 Å². The van der Waals surface area contributed by atoms with Gasteiger partial charge in [-0.05, 0) is 36.7 Å². The van der Waals surface area contributed by atoms with E-state index in [1.807, 2.05) is 20.8 Å². The number of fused-ring (bicyclic) bond motifs is 1. The number of anilines is 2. The highest BCUT2D eigenvalue weighted by atomic mass is 79.9. The Morgan fingerprint density at radius 2 is 2.19 bits per heavy atom. The fourth-order valence-electron chi connectivity index (χ4n) is 1.69. The molecule has 0 aliphatic carbocycles. The lowest BCUT2D eigenvalue weighted by atomic mass is 10.1. The zero-order valence-corrected chi connectivity index (χ0v) is 11.0. The molecule has 86 valence electrons. The predicted molar refractivity (Wildman–Crippen MR) is 65.5 cm³/mol. The zero-order chi connectivity index (χ0) is 11.9. The van der Waals surface area contributed by atoms with Crippen LogP contribution in [0, 0.1) is 0 Å². The minimum absolute atomic E-state index is 0.00685. The van der Waals surface area contributed by atoms with Crippen LogP contribution in [0.4, 0.5) is 11.6 Å². The first-order chi connectivity index (χ1) is 7.39. The lowest BCUT2D eigenvalue weighted by Gasteiger charge is -2.38. The van der Waals surface area contributed by atoms with Crippen LogP contribution in [0.5, 0.6) is 0 Å². The van der Waals surface area contributed by atoms with Gasteiger partial charge in [-0.1, -0.05) is 0 Å². The molecule has 0 bridgehead atoms. The summed E-state index contributed by atoms with van der Waals surface area (Å²) in [5, 5.41) is 2.96. The first-order valence-electron chi connectivity index (χ1n) is 4.99. The molecular weight excluding hydrogens is 272 g/mol. The van der Waals surface area contributed by atoms with Crippen LogP contribution < -0.4 is 10.2 Å². The third kappa shape index (κ3) is 1.89. The predicted octanol–water partition coefficient (Wildman–Crippen LogP) is 1.80. The van der Waals surface area contributed by atoms with Gasteiger partial charge in [0.15, 0.2) is 11.6 Å². The van der Waals surface area contributed by atoms with E-state index in [9.17, 15) is 4.79 Å². The highest BCUT2D eigenvalue weighted by Crippen LogP contribution is 2.31. The summed E-state index contributed by atoms with van der Waals surface area (Å²) in [6.45, 7) is 6.19. The molecule has 0 saturated heterocycles. The van der Waals surface area contributed by atoms with E-state index in [1.165, 1.54) is 0 Å². The van der Waals surface area contributed by atoms with Gasteiger partial charge in [-0.25, -0.2) is 9.97 Å². The van der Waals surface area contributed by atoms with Crippen molar-refractivity contribution in [1.29, 1.82) is 0 Å². The summed E-state index contributed by atoms with van der Waals surface area (Å²) in [5.74, 6) is 1.24. The summed E-state index contributed by atoms with van der Waals surface area (Å²) >= 11 is 3.27. The van der Waals surface area contributed by atoms with Gasteiger partial charge >= 0.3 is 0 Å². The second kappa shape index (κ2) is 3.69. The highest BCUT2D eigenvalue weighted by molar-refractivity contribution is 9.10. The quantitative estimate of drug-likeness (QED) is 0.789. The van der Waals surface area contributed by atoms with Gasteiger partial charge in [-0.2, -0.15) is 0 Å². The van der Waals surface area contributed by atoms with Gasteiger partial charge in [-0.3, -0.25) is 9.69 Å². The Kier molecular flexibility index (Phi) is 2.61. The molecule has 1 aliphatic rings. The number of carbonyl (C=O) groups excluding carboxylic acids is 1. The standard InChI is InChI=1S/C10H13BrN4O/c1-10(2,3)15-7(16)5-13-8-9(15)14-6(11)4-12-8/h4H,5H2,1-3H3,(H,12,13). The second-order valence-electron chi connectivity index (χ2n) is 4.62. The van der Waals surface area contributed by atoms with Crippen molar-refractivity contribution < 1.29 is 4.79 Å². The van der Waals surface area contributed by atoms with Crippen molar-refractivity contribution in [3.63, 3.8) is 0 Å². The zero-order valence-electron chi connectivity index (χ0n) is 9.41. The normalized spacial score (nSPS) is 15.8. The average molecular weight is 285 g/mol. The number of amides is 1. The Labute approximate surface area is 102 Å². The Morgan fingerprint density at radius 1 is 1.50 bits per heavy atom. The molecule has 0 spiro atoms. The lowest BCUT2D eigenvalue weighted by Crippen LogP contribution is -2.51. The van der Waals surface area contributed by atoms with Crippen molar-refractivity contribution in [2.24, 2.45) is 0 Å². The average Bonchev–Trinajstić information content (AvgIpc) is 2.14. The highest BCUT2D eigenvalue weighted by Gasteiger charge is 2.34. The first-order valence-corrected chi connectivity index (χ1v) is 5.78. The van der Waals surface area contributed by atoms with Crippen LogP contribution in [-0.4, -0.2) is 28.0 Å². The topological polar surface area (TPSA) is 58.1 Å². The molecule has 2 heterocycles. The first kappa shape index (κ1) is 11.3. The molecular formula is C10H13BrN4O. The van der Waals surface area contributed by atoms with E-state index < -0.39 is 0 Å². The molecule has 0 radical (unpaired) electrons. The summed E-state index contributed by atoms with van der Waals surface area (Å²) < 4.78 is 0.622. The summed E-state index contributed by atoms with van der Waals surface area (Å²) in [7, 11) is 0. The van der Waals surface area contributed by atoms with E-state index in [1.54, 1.807) is 11.1 Å². The van der Waals surface area contributed by atoms with E-state index in [2.05, 4.69) is 31.2 Å². The lowest BCUT2D eigenvalue weighted by molar-refractivity contribution is -0.118. The molecule has 0 atom stereocenters. The molecule has 1 amide bonds. The van der Waals surface area contributed by atoms with Gasteiger partial charge in [0.2, 0.25) is 5.91 Å². The maximum atomic E-state index is 11.9. The van der Waals surface area contributed by atoms with Gasteiger partial charge in [0.25, 0.3) is 0 Å².